The smallest absolute Gasteiger partial charge is 0.410 e. The van der Waals surface area contributed by atoms with Crippen molar-refractivity contribution in [2.75, 3.05) is 19.7 Å². The molecule has 1 fully saturated rings. The molecule has 0 saturated carbocycles. The van der Waals surface area contributed by atoms with E-state index in [0.717, 1.165) is 12.8 Å². The topological polar surface area (TPSA) is 67.9 Å². The second-order valence-corrected chi connectivity index (χ2v) is 10.2. The molecule has 1 N–H and O–H groups in total. The molecule has 1 atom stereocenters. The van der Waals surface area contributed by atoms with Crippen molar-refractivity contribution in [3.05, 3.63) is 72.3 Å². The normalized spacial score (nSPS) is 19.7. The zero-order chi connectivity index (χ0) is 24.3. The van der Waals surface area contributed by atoms with Crippen LogP contribution in [0.3, 0.4) is 0 Å². The first-order valence-corrected chi connectivity index (χ1v) is 11.9. The van der Waals surface area contributed by atoms with Crippen LogP contribution in [0.2, 0.25) is 0 Å². The summed E-state index contributed by atoms with van der Waals surface area (Å²) >= 11 is 0. The van der Waals surface area contributed by atoms with E-state index in [2.05, 4.69) is 36.2 Å². The second-order valence-electron chi connectivity index (χ2n) is 10.2. The summed E-state index contributed by atoms with van der Waals surface area (Å²) < 4.78 is 11.3. The maximum Gasteiger partial charge on any atom is 0.410 e. The van der Waals surface area contributed by atoms with Gasteiger partial charge in [-0.3, -0.25) is 0 Å². The van der Waals surface area contributed by atoms with E-state index in [1.165, 1.54) is 22.3 Å². The molecule has 0 bridgehead atoms. The van der Waals surface area contributed by atoms with Crippen LogP contribution in [-0.2, 0) is 9.47 Å². The van der Waals surface area contributed by atoms with E-state index in [1.807, 2.05) is 45.0 Å². The first-order chi connectivity index (χ1) is 16.2. The van der Waals surface area contributed by atoms with Crippen LogP contribution >= 0.6 is 0 Å². The lowest BCUT2D eigenvalue weighted by Crippen LogP contribution is -2.60. The number of alkyl carbamates (subject to hydrolysis) is 1. The predicted molar refractivity (Wildman–Crippen MR) is 133 cm³/mol. The zero-order valence-electron chi connectivity index (χ0n) is 20.3. The SMILES string of the molecule is C=CCC1(NC(=O)OCC2c3ccccc3-c3ccccc32)CCCN(C(=O)OC(C)(C)C)C1. The Hall–Kier alpha value is -3.28. The van der Waals surface area contributed by atoms with E-state index < -0.39 is 17.2 Å². The Balaban J connectivity index is 1.44. The monoisotopic (exact) mass is 462 g/mol. The summed E-state index contributed by atoms with van der Waals surface area (Å²) in [4.78, 5) is 27.3. The Bertz CT molecular complexity index is 1030. The van der Waals surface area contributed by atoms with Gasteiger partial charge in [0.15, 0.2) is 0 Å². The molecular formula is C28H34N2O4. The summed E-state index contributed by atoms with van der Waals surface area (Å²) in [6.45, 7) is 10.6. The van der Waals surface area contributed by atoms with E-state index >= 15 is 0 Å². The van der Waals surface area contributed by atoms with Crippen molar-refractivity contribution < 1.29 is 19.1 Å². The van der Waals surface area contributed by atoms with Gasteiger partial charge in [-0.05, 0) is 62.3 Å². The van der Waals surface area contributed by atoms with Crippen molar-refractivity contribution in [1.82, 2.24) is 10.2 Å². The molecular weight excluding hydrogens is 428 g/mol. The van der Waals surface area contributed by atoms with E-state index in [0.29, 0.717) is 19.5 Å². The molecule has 1 saturated heterocycles. The minimum Gasteiger partial charge on any atom is -0.449 e. The van der Waals surface area contributed by atoms with Gasteiger partial charge in [0.25, 0.3) is 0 Å². The minimum absolute atomic E-state index is 0.00174. The number of amides is 2. The van der Waals surface area contributed by atoms with Crippen molar-refractivity contribution in [2.24, 2.45) is 0 Å². The number of benzene rings is 2. The number of ether oxygens (including phenoxy) is 2. The lowest BCUT2D eigenvalue weighted by molar-refractivity contribution is 0.0104. The fraction of sp³-hybridized carbons (Fsp3) is 0.429. The van der Waals surface area contributed by atoms with Crippen LogP contribution in [0.1, 0.15) is 57.1 Å². The number of carbonyl (C=O) groups is 2. The molecule has 180 valence electrons. The van der Waals surface area contributed by atoms with Crippen molar-refractivity contribution in [3.8, 4) is 11.1 Å². The molecule has 2 amide bonds. The van der Waals surface area contributed by atoms with Gasteiger partial charge in [0, 0.05) is 19.0 Å². The van der Waals surface area contributed by atoms with Gasteiger partial charge in [0.05, 0.1) is 5.54 Å². The van der Waals surface area contributed by atoms with E-state index in [1.54, 1.807) is 11.0 Å². The van der Waals surface area contributed by atoms with Gasteiger partial charge in [-0.2, -0.15) is 0 Å². The Morgan fingerprint density at radius 1 is 1.12 bits per heavy atom. The molecule has 1 heterocycles. The number of hydrogen-bond acceptors (Lipinski definition) is 4. The van der Waals surface area contributed by atoms with Gasteiger partial charge in [0.2, 0.25) is 0 Å². The van der Waals surface area contributed by atoms with Crippen LogP contribution in [0.4, 0.5) is 9.59 Å². The number of fused-ring (bicyclic) bond motifs is 3. The van der Waals surface area contributed by atoms with Gasteiger partial charge in [-0.15, -0.1) is 6.58 Å². The van der Waals surface area contributed by atoms with Crippen LogP contribution in [0.15, 0.2) is 61.2 Å². The lowest BCUT2D eigenvalue weighted by atomic mass is 9.86. The van der Waals surface area contributed by atoms with Crippen LogP contribution < -0.4 is 5.32 Å². The minimum atomic E-state index is -0.626. The fourth-order valence-corrected chi connectivity index (χ4v) is 5.06. The summed E-state index contributed by atoms with van der Waals surface area (Å²) in [5.74, 6) is -0.00174. The Kier molecular flexibility index (Phi) is 6.69. The standard InChI is InChI=1S/C28H34N2O4/c1-5-15-28(16-10-17-30(19-28)26(32)34-27(2,3)4)29-25(31)33-18-24-22-13-8-6-11-20(22)21-12-7-9-14-23(21)24/h5-9,11-14,24H,1,10,15-19H2,2-4H3,(H,29,31). The zero-order valence-corrected chi connectivity index (χ0v) is 20.3. The highest BCUT2D eigenvalue weighted by molar-refractivity contribution is 5.79. The predicted octanol–water partition coefficient (Wildman–Crippen LogP) is 5.87. The number of carbonyl (C=O) groups excluding carboxylic acids is 2. The first-order valence-electron chi connectivity index (χ1n) is 11.9. The van der Waals surface area contributed by atoms with Crippen molar-refractivity contribution in [1.29, 1.82) is 0 Å². The van der Waals surface area contributed by atoms with Crippen LogP contribution in [0.5, 0.6) is 0 Å². The molecule has 1 unspecified atom stereocenters. The molecule has 2 aromatic rings. The molecule has 1 aliphatic carbocycles. The number of nitrogens with zero attached hydrogens (tertiary/aromatic N) is 1. The average Bonchev–Trinajstić information content (AvgIpc) is 3.10. The highest BCUT2D eigenvalue weighted by atomic mass is 16.6. The summed E-state index contributed by atoms with van der Waals surface area (Å²) in [6.07, 6.45) is 2.97. The molecule has 0 spiro atoms. The number of piperidine rings is 1. The van der Waals surface area contributed by atoms with Gasteiger partial charge in [-0.1, -0.05) is 54.6 Å². The maximum atomic E-state index is 13.0. The third kappa shape index (κ3) is 5.11. The quantitative estimate of drug-likeness (QED) is 0.564. The average molecular weight is 463 g/mol. The summed E-state index contributed by atoms with van der Waals surface area (Å²) in [6, 6.07) is 16.5. The number of rotatable bonds is 5. The van der Waals surface area contributed by atoms with Crippen LogP contribution in [-0.4, -0.2) is 47.9 Å². The van der Waals surface area contributed by atoms with Gasteiger partial charge in [0.1, 0.15) is 12.2 Å². The number of likely N-dealkylation sites (tertiary alicyclic amines) is 1. The Morgan fingerprint density at radius 2 is 1.74 bits per heavy atom. The van der Waals surface area contributed by atoms with Crippen LogP contribution in [0.25, 0.3) is 11.1 Å². The van der Waals surface area contributed by atoms with Gasteiger partial charge >= 0.3 is 12.2 Å². The third-order valence-electron chi connectivity index (χ3n) is 6.47. The van der Waals surface area contributed by atoms with E-state index in [-0.39, 0.29) is 18.6 Å². The Labute approximate surface area is 201 Å². The fourth-order valence-electron chi connectivity index (χ4n) is 5.06. The molecule has 6 heteroatoms. The molecule has 1 aliphatic heterocycles. The number of hydrogen-bond donors (Lipinski definition) is 1. The second kappa shape index (κ2) is 9.53. The molecule has 6 nitrogen and oxygen atoms in total. The third-order valence-corrected chi connectivity index (χ3v) is 6.47. The molecule has 0 radical (unpaired) electrons. The molecule has 2 aliphatic rings. The maximum absolute atomic E-state index is 13.0. The molecule has 0 aromatic heterocycles. The highest BCUT2D eigenvalue weighted by Gasteiger charge is 2.39. The molecule has 2 aromatic carbocycles. The van der Waals surface area contributed by atoms with E-state index in [9.17, 15) is 9.59 Å². The largest absolute Gasteiger partial charge is 0.449 e. The van der Waals surface area contributed by atoms with E-state index in [4.69, 9.17) is 9.47 Å². The first kappa shape index (κ1) is 23.9. The van der Waals surface area contributed by atoms with Crippen LogP contribution in [0, 0.1) is 0 Å². The summed E-state index contributed by atoms with van der Waals surface area (Å²) in [5.41, 5.74) is 3.53. The van der Waals surface area contributed by atoms with Gasteiger partial charge in [-0.25, -0.2) is 9.59 Å². The molecule has 4 rings (SSSR count). The lowest BCUT2D eigenvalue weighted by Gasteiger charge is -2.42. The highest BCUT2D eigenvalue weighted by Crippen LogP contribution is 2.44. The van der Waals surface area contributed by atoms with Gasteiger partial charge < -0.3 is 19.7 Å². The molecule has 34 heavy (non-hydrogen) atoms. The summed E-state index contributed by atoms with van der Waals surface area (Å²) in [7, 11) is 0. The van der Waals surface area contributed by atoms with Crippen molar-refractivity contribution in [2.45, 2.75) is 57.1 Å². The van der Waals surface area contributed by atoms with Crippen molar-refractivity contribution in [3.63, 3.8) is 0 Å². The number of nitrogens with one attached hydrogen (secondary N) is 1. The summed E-state index contributed by atoms with van der Waals surface area (Å²) in [5, 5.41) is 3.07. The Morgan fingerprint density at radius 3 is 2.32 bits per heavy atom. The van der Waals surface area contributed by atoms with Crippen molar-refractivity contribution >= 4 is 12.2 Å².